The molecule has 1 aliphatic heterocycles. The number of amides is 3. The topological polar surface area (TPSA) is 126 Å². The number of imide groups is 1. The number of benzene rings is 1. The van der Waals surface area contributed by atoms with Gasteiger partial charge in [-0.3, -0.25) is 9.69 Å². The number of ether oxygens (including phenoxy) is 1. The normalized spacial score (nSPS) is 14.6. The number of carbonyl (C=O) groups is 3. The van der Waals surface area contributed by atoms with Gasteiger partial charge in [-0.25, -0.2) is 9.59 Å². The fourth-order valence-corrected chi connectivity index (χ4v) is 2.98. The van der Waals surface area contributed by atoms with Crippen LogP contribution in [0.3, 0.4) is 0 Å². The molecule has 1 N–H and O–H groups in total. The molecule has 31 heavy (non-hydrogen) atoms. The van der Waals surface area contributed by atoms with Crippen LogP contribution < -0.4 is 5.32 Å². The fraction of sp³-hybridized carbons (Fsp3) is 0.0909. The lowest BCUT2D eigenvalue weighted by Gasteiger charge is -2.09. The van der Waals surface area contributed by atoms with Gasteiger partial charge < -0.3 is 18.9 Å². The van der Waals surface area contributed by atoms with Crippen LogP contribution in [-0.4, -0.2) is 29.9 Å². The molecule has 1 fully saturated rings. The van der Waals surface area contributed by atoms with Gasteiger partial charge in [0.1, 0.15) is 23.0 Å². The molecular weight excluding hydrogens is 402 g/mol. The maximum Gasteiger partial charge on any atom is 0.373 e. The Morgan fingerprint density at radius 2 is 1.90 bits per heavy atom. The van der Waals surface area contributed by atoms with Gasteiger partial charge in [-0.1, -0.05) is 0 Å². The van der Waals surface area contributed by atoms with E-state index in [-0.39, 0.29) is 23.8 Å². The first-order chi connectivity index (χ1) is 15.0. The van der Waals surface area contributed by atoms with Crippen LogP contribution in [0.5, 0.6) is 0 Å². The van der Waals surface area contributed by atoms with Gasteiger partial charge in [-0.15, -0.1) is 0 Å². The van der Waals surface area contributed by atoms with Gasteiger partial charge in [0.25, 0.3) is 5.91 Å². The highest BCUT2D eigenvalue weighted by atomic mass is 16.5. The quantitative estimate of drug-likeness (QED) is 0.383. The summed E-state index contributed by atoms with van der Waals surface area (Å²) in [6.45, 7) is -0.145. The molecule has 3 amide bonds. The van der Waals surface area contributed by atoms with Crippen molar-refractivity contribution < 1.29 is 28.0 Å². The summed E-state index contributed by atoms with van der Waals surface area (Å²) in [5.74, 6) is -0.0542. The van der Waals surface area contributed by atoms with Crippen LogP contribution in [0.1, 0.15) is 27.6 Å². The first kappa shape index (κ1) is 19.7. The van der Waals surface area contributed by atoms with E-state index in [1.54, 1.807) is 36.4 Å². The van der Waals surface area contributed by atoms with Crippen molar-refractivity contribution in [3.8, 4) is 17.4 Å². The Hall–Kier alpha value is -4.58. The van der Waals surface area contributed by atoms with Crippen molar-refractivity contribution in [2.75, 3.05) is 7.11 Å². The average Bonchev–Trinajstić information content (AvgIpc) is 3.51. The van der Waals surface area contributed by atoms with Crippen molar-refractivity contribution in [1.82, 2.24) is 10.2 Å². The minimum absolute atomic E-state index is 0.0220. The molecule has 0 aliphatic carbocycles. The Balaban J connectivity index is 1.49. The van der Waals surface area contributed by atoms with Crippen LogP contribution in [-0.2, 0) is 16.1 Å². The minimum atomic E-state index is -0.653. The summed E-state index contributed by atoms with van der Waals surface area (Å²) >= 11 is 0. The number of hydrogen-bond acceptors (Lipinski definition) is 7. The molecule has 0 bridgehead atoms. The van der Waals surface area contributed by atoms with Crippen molar-refractivity contribution in [1.29, 1.82) is 5.26 Å². The zero-order valence-electron chi connectivity index (χ0n) is 16.2. The molecule has 9 heteroatoms. The van der Waals surface area contributed by atoms with Gasteiger partial charge in [-0.2, -0.15) is 5.26 Å². The zero-order chi connectivity index (χ0) is 22.0. The molecule has 4 rings (SSSR count). The second-order valence-electron chi connectivity index (χ2n) is 6.53. The molecule has 0 radical (unpaired) electrons. The van der Waals surface area contributed by atoms with E-state index in [1.165, 1.54) is 25.3 Å². The largest absolute Gasteiger partial charge is 0.463 e. The van der Waals surface area contributed by atoms with E-state index in [0.29, 0.717) is 17.1 Å². The maximum absolute atomic E-state index is 12.6. The molecule has 0 spiro atoms. The van der Waals surface area contributed by atoms with Gasteiger partial charge in [0.15, 0.2) is 0 Å². The van der Waals surface area contributed by atoms with Crippen molar-refractivity contribution in [3.63, 3.8) is 0 Å². The Morgan fingerprint density at radius 3 is 2.61 bits per heavy atom. The van der Waals surface area contributed by atoms with Crippen molar-refractivity contribution >= 4 is 24.0 Å². The van der Waals surface area contributed by atoms with Crippen molar-refractivity contribution in [2.24, 2.45) is 0 Å². The SMILES string of the molecule is COC(=O)c1ccc(CN2C(=O)N/C(=C\c3ccc(-c4ccc(C#N)cc4)o3)C2=O)o1. The minimum Gasteiger partial charge on any atom is -0.463 e. The zero-order valence-corrected chi connectivity index (χ0v) is 16.2. The highest BCUT2D eigenvalue weighted by Crippen LogP contribution is 2.25. The highest BCUT2D eigenvalue weighted by molar-refractivity contribution is 6.13. The lowest BCUT2D eigenvalue weighted by molar-refractivity contribution is -0.123. The van der Waals surface area contributed by atoms with Gasteiger partial charge in [0.2, 0.25) is 5.76 Å². The lowest BCUT2D eigenvalue weighted by Crippen LogP contribution is -2.30. The van der Waals surface area contributed by atoms with Crippen molar-refractivity contribution in [3.05, 3.63) is 77.1 Å². The number of carbonyl (C=O) groups excluding carboxylic acids is 3. The number of furan rings is 2. The summed E-state index contributed by atoms with van der Waals surface area (Å²) < 4.78 is 15.6. The van der Waals surface area contributed by atoms with Gasteiger partial charge in [0.05, 0.1) is 25.3 Å². The molecule has 1 saturated heterocycles. The number of rotatable bonds is 5. The molecule has 0 saturated carbocycles. The molecule has 2 aromatic heterocycles. The molecule has 9 nitrogen and oxygen atoms in total. The molecular formula is C22H15N3O6. The Bertz CT molecular complexity index is 1240. The summed E-state index contributed by atoms with van der Waals surface area (Å²) in [6, 6.07) is 14.6. The van der Waals surface area contributed by atoms with Crippen LogP contribution in [0.4, 0.5) is 4.79 Å². The molecule has 1 aromatic carbocycles. The molecule has 0 atom stereocenters. The van der Waals surface area contributed by atoms with Crippen LogP contribution in [0, 0.1) is 11.3 Å². The van der Waals surface area contributed by atoms with E-state index in [0.717, 1.165) is 10.5 Å². The van der Waals surface area contributed by atoms with Crippen LogP contribution in [0.2, 0.25) is 0 Å². The number of nitrogens with one attached hydrogen (secondary N) is 1. The number of methoxy groups -OCH3 is 1. The van der Waals surface area contributed by atoms with E-state index >= 15 is 0 Å². The second-order valence-corrected chi connectivity index (χ2v) is 6.53. The fourth-order valence-electron chi connectivity index (χ4n) is 2.98. The number of hydrogen-bond donors (Lipinski definition) is 1. The summed E-state index contributed by atoms with van der Waals surface area (Å²) in [6.07, 6.45) is 1.43. The standard InChI is InChI=1S/C22H15N3O6/c1-29-21(27)19-9-7-16(31-19)12-25-20(26)17(24-22(25)28)10-15-6-8-18(30-15)14-4-2-13(11-23)3-5-14/h2-10H,12H2,1H3,(H,24,28)/b17-10-. The molecule has 154 valence electrons. The third-order valence-electron chi connectivity index (χ3n) is 4.54. The maximum atomic E-state index is 12.6. The van der Waals surface area contributed by atoms with E-state index in [4.69, 9.17) is 14.1 Å². The van der Waals surface area contributed by atoms with Crippen molar-refractivity contribution in [2.45, 2.75) is 6.54 Å². The lowest BCUT2D eigenvalue weighted by atomic mass is 10.1. The summed E-state index contributed by atoms with van der Waals surface area (Å²) in [4.78, 5) is 37.3. The number of esters is 1. The summed E-state index contributed by atoms with van der Waals surface area (Å²) in [7, 11) is 1.22. The average molecular weight is 417 g/mol. The van der Waals surface area contributed by atoms with E-state index in [2.05, 4.69) is 10.1 Å². The molecule has 3 heterocycles. The first-order valence-corrected chi connectivity index (χ1v) is 9.10. The van der Waals surface area contributed by atoms with Crippen LogP contribution in [0.15, 0.2) is 63.1 Å². The summed E-state index contributed by atoms with van der Waals surface area (Å²) in [5.41, 5.74) is 1.35. The third kappa shape index (κ3) is 3.95. The smallest absolute Gasteiger partial charge is 0.373 e. The van der Waals surface area contributed by atoms with Gasteiger partial charge in [-0.05, 0) is 48.5 Å². The molecule has 1 aliphatic rings. The first-order valence-electron chi connectivity index (χ1n) is 9.10. The van der Waals surface area contributed by atoms with Gasteiger partial charge >= 0.3 is 12.0 Å². The number of nitrogens with zero attached hydrogens (tertiary/aromatic N) is 2. The summed E-state index contributed by atoms with van der Waals surface area (Å²) in [5, 5.41) is 11.4. The van der Waals surface area contributed by atoms with Gasteiger partial charge in [0, 0.05) is 11.6 Å². The Labute approximate surface area is 176 Å². The Morgan fingerprint density at radius 1 is 1.13 bits per heavy atom. The van der Waals surface area contributed by atoms with E-state index < -0.39 is 17.9 Å². The molecule has 3 aromatic rings. The monoisotopic (exact) mass is 417 g/mol. The highest BCUT2D eigenvalue weighted by Gasteiger charge is 2.34. The predicted molar refractivity (Wildman–Crippen MR) is 106 cm³/mol. The third-order valence-corrected chi connectivity index (χ3v) is 4.54. The predicted octanol–water partition coefficient (Wildman–Crippen LogP) is 3.29. The second kappa shape index (κ2) is 8.04. The van der Waals surface area contributed by atoms with E-state index in [1.807, 2.05) is 6.07 Å². The number of nitriles is 1. The van der Waals surface area contributed by atoms with E-state index in [9.17, 15) is 14.4 Å². The van der Waals surface area contributed by atoms with Crippen LogP contribution in [0.25, 0.3) is 17.4 Å². The molecule has 0 unspecified atom stereocenters. The Kier molecular flexibility index (Phi) is 5.12. The van der Waals surface area contributed by atoms with Crippen LogP contribution >= 0.6 is 0 Å². The number of urea groups is 1.